The van der Waals surface area contributed by atoms with Crippen LogP contribution < -0.4 is 5.32 Å². The zero-order valence-corrected chi connectivity index (χ0v) is 14.1. The summed E-state index contributed by atoms with van der Waals surface area (Å²) in [6.45, 7) is 3.38. The molecule has 0 radical (unpaired) electrons. The molecule has 1 heterocycles. The zero-order chi connectivity index (χ0) is 17.0. The van der Waals surface area contributed by atoms with E-state index < -0.39 is 33.9 Å². The molecular weight excluding hydrogens is 318 g/mol. The van der Waals surface area contributed by atoms with Gasteiger partial charge in [-0.25, -0.2) is 8.42 Å². The molecule has 6 nitrogen and oxygen atoms in total. The van der Waals surface area contributed by atoms with Crippen LogP contribution in [0.1, 0.15) is 24.5 Å². The monoisotopic (exact) mass is 339 g/mol. The van der Waals surface area contributed by atoms with Crippen LogP contribution in [0.25, 0.3) is 0 Å². The highest BCUT2D eigenvalue weighted by Gasteiger charge is 2.30. The van der Waals surface area contributed by atoms with Gasteiger partial charge in [-0.05, 0) is 31.4 Å². The average Bonchev–Trinajstić information content (AvgIpc) is 2.80. The van der Waals surface area contributed by atoms with E-state index in [0.717, 1.165) is 11.1 Å². The minimum atomic E-state index is -3.06. The lowest BCUT2D eigenvalue weighted by atomic mass is 10.1. The molecule has 1 amide bonds. The molecule has 0 saturated carbocycles. The van der Waals surface area contributed by atoms with Crippen LogP contribution in [-0.2, 0) is 30.6 Å². The van der Waals surface area contributed by atoms with Gasteiger partial charge in [-0.3, -0.25) is 9.59 Å². The molecule has 23 heavy (non-hydrogen) atoms. The van der Waals surface area contributed by atoms with Gasteiger partial charge in [0.15, 0.2) is 15.9 Å². The standard InChI is InChI=1S/C16H21NO5S/c1-11-5-3-4-6-13(11)9-15(18)22-12(2)16(19)17-14-7-8-23(20,21)10-14/h3-6,12,14H,7-10H2,1-2H3,(H,17,19)/t12-,14-/m1/s1. The van der Waals surface area contributed by atoms with Gasteiger partial charge >= 0.3 is 5.97 Å². The number of hydrogen-bond donors (Lipinski definition) is 1. The van der Waals surface area contributed by atoms with Crippen molar-refractivity contribution in [1.82, 2.24) is 5.32 Å². The lowest BCUT2D eigenvalue weighted by Crippen LogP contribution is -2.42. The largest absolute Gasteiger partial charge is 0.452 e. The smallest absolute Gasteiger partial charge is 0.311 e. The fraction of sp³-hybridized carbons (Fsp3) is 0.500. The number of esters is 1. The van der Waals surface area contributed by atoms with Crippen molar-refractivity contribution in [3.63, 3.8) is 0 Å². The summed E-state index contributed by atoms with van der Waals surface area (Å²) in [7, 11) is -3.06. The minimum Gasteiger partial charge on any atom is -0.452 e. The number of sulfone groups is 1. The number of aryl methyl sites for hydroxylation is 1. The second-order valence-corrected chi connectivity index (χ2v) is 8.07. The molecule has 1 aliphatic rings. The van der Waals surface area contributed by atoms with Crippen molar-refractivity contribution < 1.29 is 22.7 Å². The van der Waals surface area contributed by atoms with Crippen LogP contribution in [0.2, 0.25) is 0 Å². The Kier molecular flexibility index (Phi) is 5.41. The molecule has 0 aliphatic carbocycles. The summed E-state index contributed by atoms with van der Waals surface area (Å²) < 4.78 is 27.9. The van der Waals surface area contributed by atoms with Crippen molar-refractivity contribution in [2.75, 3.05) is 11.5 Å². The minimum absolute atomic E-state index is 0.0530. The Labute approximate surface area is 136 Å². The first-order valence-electron chi connectivity index (χ1n) is 7.51. The van der Waals surface area contributed by atoms with Gasteiger partial charge in [0, 0.05) is 6.04 Å². The normalized spacial score (nSPS) is 20.7. The van der Waals surface area contributed by atoms with E-state index in [1.165, 1.54) is 6.92 Å². The maximum atomic E-state index is 12.0. The van der Waals surface area contributed by atoms with E-state index in [4.69, 9.17) is 4.74 Å². The molecule has 0 unspecified atom stereocenters. The molecule has 1 aliphatic heterocycles. The van der Waals surface area contributed by atoms with Crippen LogP contribution in [0.15, 0.2) is 24.3 Å². The predicted molar refractivity (Wildman–Crippen MR) is 85.6 cm³/mol. The molecule has 2 rings (SSSR count). The molecule has 0 spiro atoms. The van der Waals surface area contributed by atoms with Gasteiger partial charge in [0.2, 0.25) is 0 Å². The number of carbonyl (C=O) groups excluding carboxylic acids is 2. The summed E-state index contributed by atoms with van der Waals surface area (Å²) in [6.07, 6.45) is -0.449. The first-order chi connectivity index (χ1) is 10.8. The molecule has 2 atom stereocenters. The SMILES string of the molecule is Cc1ccccc1CC(=O)O[C@H](C)C(=O)N[C@@H]1CCS(=O)(=O)C1. The zero-order valence-electron chi connectivity index (χ0n) is 13.2. The highest BCUT2D eigenvalue weighted by Crippen LogP contribution is 2.12. The highest BCUT2D eigenvalue weighted by molar-refractivity contribution is 7.91. The van der Waals surface area contributed by atoms with Crippen molar-refractivity contribution in [3.05, 3.63) is 35.4 Å². The first kappa shape index (κ1) is 17.5. The van der Waals surface area contributed by atoms with Crippen molar-refractivity contribution in [2.45, 2.75) is 38.8 Å². The van der Waals surface area contributed by atoms with Gasteiger partial charge < -0.3 is 10.1 Å². The third kappa shape index (κ3) is 5.06. The number of ether oxygens (including phenoxy) is 1. The molecule has 1 aromatic carbocycles. The first-order valence-corrected chi connectivity index (χ1v) is 9.34. The summed E-state index contributed by atoms with van der Waals surface area (Å²) >= 11 is 0. The molecule has 1 N–H and O–H groups in total. The number of nitrogens with one attached hydrogen (secondary N) is 1. The molecule has 0 aromatic heterocycles. The number of carbonyl (C=O) groups is 2. The van der Waals surface area contributed by atoms with E-state index in [1.807, 2.05) is 31.2 Å². The van der Waals surface area contributed by atoms with E-state index in [9.17, 15) is 18.0 Å². The lowest BCUT2D eigenvalue weighted by molar-refractivity contribution is -0.154. The Hall–Kier alpha value is -1.89. The summed E-state index contributed by atoms with van der Waals surface area (Å²) in [6, 6.07) is 7.07. The van der Waals surface area contributed by atoms with Crippen LogP contribution in [0, 0.1) is 6.92 Å². The van der Waals surface area contributed by atoms with E-state index in [0.29, 0.717) is 6.42 Å². The van der Waals surface area contributed by atoms with Crippen molar-refractivity contribution >= 4 is 21.7 Å². The quantitative estimate of drug-likeness (QED) is 0.801. The van der Waals surface area contributed by atoms with E-state index in [1.54, 1.807) is 0 Å². The molecule has 1 saturated heterocycles. The highest BCUT2D eigenvalue weighted by atomic mass is 32.2. The Morgan fingerprint density at radius 3 is 2.65 bits per heavy atom. The van der Waals surface area contributed by atoms with Gasteiger partial charge in [0.05, 0.1) is 17.9 Å². The third-order valence-corrected chi connectivity index (χ3v) is 5.62. The van der Waals surface area contributed by atoms with Gasteiger partial charge in [0.1, 0.15) is 0 Å². The maximum absolute atomic E-state index is 12.0. The van der Waals surface area contributed by atoms with E-state index in [-0.39, 0.29) is 17.9 Å². The van der Waals surface area contributed by atoms with Crippen LogP contribution >= 0.6 is 0 Å². The molecule has 7 heteroatoms. The number of benzene rings is 1. The van der Waals surface area contributed by atoms with Crippen LogP contribution in [0.3, 0.4) is 0 Å². The summed E-state index contributed by atoms with van der Waals surface area (Å²) in [5, 5.41) is 2.62. The summed E-state index contributed by atoms with van der Waals surface area (Å²) in [5.74, 6) is -0.923. The maximum Gasteiger partial charge on any atom is 0.311 e. The van der Waals surface area contributed by atoms with Crippen LogP contribution in [0.4, 0.5) is 0 Å². The Morgan fingerprint density at radius 2 is 2.04 bits per heavy atom. The van der Waals surface area contributed by atoms with E-state index >= 15 is 0 Å². The Morgan fingerprint density at radius 1 is 1.35 bits per heavy atom. The summed E-state index contributed by atoms with van der Waals surface area (Å²) in [4.78, 5) is 23.9. The topological polar surface area (TPSA) is 89.5 Å². The Balaban J connectivity index is 1.84. The van der Waals surface area contributed by atoms with Gasteiger partial charge in [-0.15, -0.1) is 0 Å². The number of rotatable bonds is 5. The molecule has 126 valence electrons. The molecule has 0 bridgehead atoms. The van der Waals surface area contributed by atoms with Crippen molar-refractivity contribution in [2.24, 2.45) is 0 Å². The lowest BCUT2D eigenvalue weighted by Gasteiger charge is -2.16. The molecule has 1 aromatic rings. The second kappa shape index (κ2) is 7.12. The number of hydrogen-bond acceptors (Lipinski definition) is 5. The van der Waals surface area contributed by atoms with Crippen molar-refractivity contribution in [3.8, 4) is 0 Å². The third-order valence-electron chi connectivity index (χ3n) is 3.85. The van der Waals surface area contributed by atoms with Crippen LogP contribution in [0.5, 0.6) is 0 Å². The predicted octanol–water partition coefficient (Wildman–Crippen LogP) is 0.773. The average molecular weight is 339 g/mol. The van der Waals surface area contributed by atoms with Crippen molar-refractivity contribution in [1.29, 1.82) is 0 Å². The van der Waals surface area contributed by atoms with Crippen LogP contribution in [-0.4, -0.2) is 43.9 Å². The number of amides is 1. The second-order valence-electron chi connectivity index (χ2n) is 5.84. The molecule has 1 fully saturated rings. The Bertz CT molecular complexity index is 698. The van der Waals surface area contributed by atoms with Gasteiger partial charge in [-0.2, -0.15) is 0 Å². The van der Waals surface area contributed by atoms with Gasteiger partial charge in [0.25, 0.3) is 5.91 Å². The van der Waals surface area contributed by atoms with Gasteiger partial charge in [-0.1, -0.05) is 24.3 Å². The fourth-order valence-corrected chi connectivity index (χ4v) is 4.16. The molecular formula is C16H21NO5S. The summed E-state index contributed by atoms with van der Waals surface area (Å²) in [5.41, 5.74) is 1.84. The fourth-order valence-electron chi connectivity index (χ4n) is 2.48. The van der Waals surface area contributed by atoms with E-state index in [2.05, 4.69) is 5.32 Å².